The van der Waals surface area contributed by atoms with Crippen molar-refractivity contribution in [2.24, 2.45) is 0 Å². The second-order valence-corrected chi connectivity index (χ2v) is 12.4. The molecule has 0 unspecified atom stereocenters. The summed E-state index contributed by atoms with van der Waals surface area (Å²) in [6, 6.07) is 59.7. The molecule has 0 saturated heterocycles. The van der Waals surface area contributed by atoms with E-state index in [2.05, 4.69) is 169 Å². The summed E-state index contributed by atoms with van der Waals surface area (Å²) in [5.41, 5.74) is 5.93. The minimum Gasteiger partial charge on any atom is -0.308 e. The third-order valence-electron chi connectivity index (χ3n) is 8.79. The lowest BCUT2D eigenvalue weighted by Gasteiger charge is -2.29. The summed E-state index contributed by atoms with van der Waals surface area (Å²) in [5, 5.41) is 10.2. The maximum Gasteiger partial charge on any atom is 0.0647 e. The smallest absolute Gasteiger partial charge is 0.0647 e. The van der Waals surface area contributed by atoms with E-state index in [0.29, 0.717) is 0 Å². The van der Waals surface area contributed by atoms with Crippen molar-refractivity contribution in [1.29, 1.82) is 0 Å². The largest absolute Gasteiger partial charge is 0.308 e. The summed E-state index contributed by atoms with van der Waals surface area (Å²) in [7, 11) is 0. The van der Waals surface area contributed by atoms with Crippen molar-refractivity contribution < 1.29 is 0 Å². The summed E-state index contributed by atoms with van der Waals surface area (Å²) in [6.45, 7) is 0. The zero-order valence-electron chi connectivity index (χ0n) is 23.9. The fraction of sp³-hybridized carbons (Fsp3) is 0. The van der Waals surface area contributed by atoms with Gasteiger partial charge in [-0.25, -0.2) is 0 Å². The highest BCUT2D eigenvalue weighted by Gasteiger charge is 2.23. The van der Waals surface area contributed by atoms with E-state index < -0.39 is 0 Å². The second-order valence-electron chi connectivity index (χ2n) is 11.3. The third-order valence-corrected chi connectivity index (χ3v) is 9.98. The molecule has 0 aliphatic carbocycles. The van der Waals surface area contributed by atoms with Crippen molar-refractivity contribution in [3.63, 3.8) is 0 Å². The van der Waals surface area contributed by atoms with Crippen molar-refractivity contribution in [2.45, 2.75) is 0 Å². The van der Waals surface area contributed by atoms with Gasteiger partial charge in [0.2, 0.25) is 0 Å². The predicted molar refractivity (Wildman–Crippen MR) is 192 cm³/mol. The molecule has 0 saturated carbocycles. The molecule has 0 fully saturated rings. The molecule has 2 heteroatoms. The minimum atomic E-state index is 1.14. The number of rotatable bonds is 4. The Morgan fingerprint density at radius 2 is 0.977 bits per heavy atom. The lowest BCUT2D eigenvalue weighted by Crippen LogP contribution is -2.11. The van der Waals surface area contributed by atoms with E-state index in [1.165, 1.54) is 75.0 Å². The zero-order chi connectivity index (χ0) is 29.0. The van der Waals surface area contributed by atoms with Gasteiger partial charge in [0.25, 0.3) is 0 Å². The number of hydrogen-bond donors (Lipinski definition) is 0. The van der Waals surface area contributed by atoms with Crippen LogP contribution in [0.4, 0.5) is 17.1 Å². The van der Waals surface area contributed by atoms with Gasteiger partial charge in [0.1, 0.15) is 0 Å². The first-order valence-electron chi connectivity index (χ1n) is 15.0. The molecular formula is C42H27NS. The van der Waals surface area contributed by atoms with Crippen molar-refractivity contribution in [1.82, 2.24) is 0 Å². The van der Waals surface area contributed by atoms with Crippen molar-refractivity contribution >= 4 is 80.9 Å². The number of nitrogens with zero attached hydrogens (tertiary/aromatic N) is 1. The first-order valence-corrected chi connectivity index (χ1v) is 15.8. The van der Waals surface area contributed by atoms with E-state index in [1.807, 2.05) is 11.3 Å². The van der Waals surface area contributed by atoms with Gasteiger partial charge in [-0.1, -0.05) is 133 Å². The van der Waals surface area contributed by atoms with E-state index in [0.717, 1.165) is 5.69 Å². The van der Waals surface area contributed by atoms with E-state index in [-0.39, 0.29) is 0 Å². The molecule has 0 bridgehead atoms. The Morgan fingerprint density at radius 3 is 1.80 bits per heavy atom. The van der Waals surface area contributed by atoms with Crippen LogP contribution in [0.2, 0.25) is 0 Å². The Kier molecular flexibility index (Phi) is 5.75. The molecule has 44 heavy (non-hydrogen) atoms. The van der Waals surface area contributed by atoms with Crippen LogP contribution in [0.15, 0.2) is 164 Å². The van der Waals surface area contributed by atoms with Gasteiger partial charge in [-0.05, 0) is 68.4 Å². The Balaban J connectivity index is 1.44. The number of benzene rings is 8. The van der Waals surface area contributed by atoms with E-state index in [4.69, 9.17) is 0 Å². The number of thiophene rings is 1. The van der Waals surface area contributed by atoms with Crippen LogP contribution in [-0.2, 0) is 0 Å². The lowest BCUT2D eigenvalue weighted by molar-refractivity contribution is 1.32. The Bertz CT molecular complexity index is 2510. The van der Waals surface area contributed by atoms with Gasteiger partial charge >= 0.3 is 0 Å². The lowest BCUT2D eigenvalue weighted by atomic mass is 9.97. The van der Waals surface area contributed by atoms with Crippen LogP contribution in [-0.4, -0.2) is 0 Å². The maximum atomic E-state index is 2.51. The van der Waals surface area contributed by atoms with Crippen LogP contribution in [0, 0.1) is 0 Å². The summed E-state index contributed by atoms with van der Waals surface area (Å²) < 4.78 is 2.61. The van der Waals surface area contributed by atoms with Crippen LogP contribution >= 0.6 is 11.3 Å². The van der Waals surface area contributed by atoms with Crippen LogP contribution in [0.25, 0.3) is 63.6 Å². The highest BCUT2D eigenvalue weighted by atomic mass is 32.1. The first-order chi connectivity index (χ1) is 21.8. The number of hydrogen-bond acceptors (Lipinski definition) is 2. The summed E-state index contributed by atoms with van der Waals surface area (Å²) in [5.74, 6) is 0. The SMILES string of the molecule is c1ccc(-c2cccc(N(c3cc4ccccc4c4ccccc34)c3cc4ccccc4c4c3sc3ccccc34)c2)cc1. The van der Waals surface area contributed by atoms with Gasteiger partial charge in [0.15, 0.2) is 0 Å². The maximum absolute atomic E-state index is 2.51. The van der Waals surface area contributed by atoms with Gasteiger partial charge in [0, 0.05) is 26.5 Å². The van der Waals surface area contributed by atoms with E-state index in [1.54, 1.807) is 0 Å². The molecule has 8 aromatic carbocycles. The standard InChI is InChI=1S/C42H27NS/c1-2-13-28(14-3-1)29-17-12-18-32(25-29)43(38-26-30-15-4-6-19-33(30)35-21-8-9-22-36(35)38)39-27-31-16-5-7-20-34(31)41-37-23-10-11-24-40(37)44-42(39)41/h1-27H. The minimum absolute atomic E-state index is 1.14. The second kappa shape index (κ2) is 10.1. The molecule has 9 aromatic rings. The highest BCUT2D eigenvalue weighted by Crippen LogP contribution is 2.50. The highest BCUT2D eigenvalue weighted by molar-refractivity contribution is 7.26. The normalized spacial score (nSPS) is 11.6. The van der Waals surface area contributed by atoms with Crippen molar-refractivity contribution in [3.05, 3.63) is 164 Å². The molecule has 0 amide bonds. The average molecular weight is 578 g/mol. The summed E-state index contributed by atoms with van der Waals surface area (Å²) in [6.07, 6.45) is 0. The predicted octanol–water partition coefficient (Wildman–Crippen LogP) is 12.7. The monoisotopic (exact) mass is 577 g/mol. The molecular weight excluding hydrogens is 551 g/mol. The summed E-state index contributed by atoms with van der Waals surface area (Å²) >= 11 is 1.89. The summed E-state index contributed by atoms with van der Waals surface area (Å²) in [4.78, 5) is 2.51. The molecule has 1 nitrogen and oxygen atoms in total. The first kappa shape index (κ1) is 25.1. The van der Waals surface area contributed by atoms with Crippen LogP contribution < -0.4 is 4.90 Å². The zero-order valence-corrected chi connectivity index (χ0v) is 24.8. The van der Waals surface area contributed by atoms with Gasteiger partial charge in [0.05, 0.1) is 16.1 Å². The Hall–Kier alpha value is -5.44. The van der Waals surface area contributed by atoms with Gasteiger partial charge in [-0.3, -0.25) is 0 Å². The average Bonchev–Trinajstić information content (AvgIpc) is 3.49. The molecule has 0 aliphatic rings. The van der Waals surface area contributed by atoms with E-state index in [9.17, 15) is 0 Å². The molecule has 9 rings (SSSR count). The molecule has 0 spiro atoms. The molecule has 206 valence electrons. The van der Waals surface area contributed by atoms with Crippen LogP contribution in [0.1, 0.15) is 0 Å². The molecule has 0 aliphatic heterocycles. The molecule has 0 radical (unpaired) electrons. The molecule has 1 aromatic heterocycles. The number of fused-ring (bicyclic) bond motifs is 8. The van der Waals surface area contributed by atoms with E-state index >= 15 is 0 Å². The van der Waals surface area contributed by atoms with Crippen molar-refractivity contribution in [3.8, 4) is 11.1 Å². The van der Waals surface area contributed by atoms with Crippen LogP contribution in [0.3, 0.4) is 0 Å². The Morgan fingerprint density at radius 1 is 0.386 bits per heavy atom. The van der Waals surface area contributed by atoms with Crippen molar-refractivity contribution in [2.75, 3.05) is 4.90 Å². The number of anilines is 3. The molecule has 1 heterocycles. The van der Waals surface area contributed by atoms with Gasteiger partial charge in [-0.2, -0.15) is 0 Å². The van der Waals surface area contributed by atoms with Crippen LogP contribution in [0.5, 0.6) is 0 Å². The van der Waals surface area contributed by atoms with Gasteiger partial charge in [-0.15, -0.1) is 11.3 Å². The topological polar surface area (TPSA) is 3.24 Å². The third kappa shape index (κ3) is 3.92. The molecule has 0 N–H and O–H groups in total. The quantitative estimate of drug-likeness (QED) is 0.188. The fourth-order valence-corrected chi connectivity index (χ4v) is 8.03. The Labute approximate surface area is 259 Å². The van der Waals surface area contributed by atoms with Gasteiger partial charge < -0.3 is 4.90 Å². The fourth-order valence-electron chi connectivity index (χ4n) is 6.81. The molecule has 0 atom stereocenters.